The van der Waals surface area contributed by atoms with E-state index in [1.54, 1.807) is 6.20 Å². The molecule has 1 aromatic heterocycles. The normalized spacial score (nSPS) is 27.5. The summed E-state index contributed by atoms with van der Waals surface area (Å²) in [4.78, 5) is 4.06. The second-order valence-electron chi connectivity index (χ2n) is 2.36. The molecule has 0 aromatic carbocycles. The van der Waals surface area contributed by atoms with Crippen molar-refractivity contribution in [3.63, 3.8) is 0 Å². The molecular weight excluding hydrogens is 140 g/mol. The summed E-state index contributed by atoms with van der Waals surface area (Å²) in [6, 6.07) is 7.62. The first-order valence-corrected chi connectivity index (χ1v) is 3.38. The van der Waals surface area contributed by atoms with E-state index in [1.807, 2.05) is 24.3 Å². The molecule has 0 spiro atoms. The summed E-state index contributed by atoms with van der Waals surface area (Å²) >= 11 is 0. The van der Waals surface area contributed by atoms with Gasteiger partial charge in [0.15, 0.2) is 6.10 Å². The molecule has 0 saturated carbocycles. The molecule has 1 aliphatic rings. The lowest BCUT2D eigenvalue weighted by Gasteiger charge is -1.89. The van der Waals surface area contributed by atoms with E-state index in [0.29, 0.717) is 0 Å². The Balaban J connectivity index is 2.16. The highest BCUT2D eigenvalue weighted by Gasteiger charge is 2.41. The second kappa shape index (κ2) is 2.33. The molecule has 1 saturated heterocycles. The van der Waals surface area contributed by atoms with Gasteiger partial charge < -0.3 is 4.74 Å². The number of hydrogen-bond acceptors (Lipinski definition) is 3. The standard InChI is InChI=1S/C8H6N2O/c9-5-7-8(11-7)6-3-1-2-4-10-6/h1-4,7-8H/t7-,8-/m1/s1. The van der Waals surface area contributed by atoms with E-state index in [2.05, 4.69) is 4.98 Å². The van der Waals surface area contributed by atoms with Crippen LogP contribution in [0.2, 0.25) is 0 Å². The average molecular weight is 146 g/mol. The van der Waals surface area contributed by atoms with E-state index in [1.165, 1.54) is 0 Å². The smallest absolute Gasteiger partial charge is 0.176 e. The summed E-state index contributed by atoms with van der Waals surface area (Å²) in [5.74, 6) is 0. The van der Waals surface area contributed by atoms with Crippen molar-refractivity contribution < 1.29 is 4.74 Å². The molecule has 1 aliphatic heterocycles. The van der Waals surface area contributed by atoms with E-state index >= 15 is 0 Å². The van der Waals surface area contributed by atoms with Crippen LogP contribution in [-0.2, 0) is 4.74 Å². The number of hydrogen-bond donors (Lipinski definition) is 0. The zero-order chi connectivity index (χ0) is 7.68. The number of nitrogens with zero attached hydrogens (tertiary/aromatic N) is 2. The van der Waals surface area contributed by atoms with Gasteiger partial charge in [-0.3, -0.25) is 4.98 Å². The van der Waals surface area contributed by atoms with E-state index in [9.17, 15) is 0 Å². The molecule has 0 N–H and O–H groups in total. The van der Waals surface area contributed by atoms with E-state index < -0.39 is 0 Å². The van der Waals surface area contributed by atoms with Crippen LogP contribution in [0, 0.1) is 11.3 Å². The Morgan fingerprint density at radius 2 is 2.45 bits per heavy atom. The molecule has 2 heterocycles. The zero-order valence-electron chi connectivity index (χ0n) is 5.77. The summed E-state index contributed by atoms with van der Waals surface area (Å²) in [7, 11) is 0. The van der Waals surface area contributed by atoms with Crippen molar-refractivity contribution in [1.29, 1.82) is 5.26 Å². The lowest BCUT2D eigenvalue weighted by Crippen LogP contribution is -1.87. The molecule has 1 aromatic rings. The third kappa shape index (κ3) is 1.08. The Morgan fingerprint density at radius 1 is 1.55 bits per heavy atom. The van der Waals surface area contributed by atoms with Gasteiger partial charge in [0.05, 0.1) is 11.8 Å². The molecule has 3 heteroatoms. The molecular formula is C8H6N2O. The number of epoxide rings is 1. The Bertz CT molecular complexity index is 291. The van der Waals surface area contributed by atoms with Crippen LogP contribution in [0.1, 0.15) is 11.8 Å². The highest BCUT2D eigenvalue weighted by Crippen LogP contribution is 2.36. The first-order valence-electron chi connectivity index (χ1n) is 3.38. The van der Waals surface area contributed by atoms with Crippen LogP contribution in [0.3, 0.4) is 0 Å². The van der Waals surface area contributed by atoms with Gasteiger partial charge in [-0.25, -0.2) is 0 Å². The van der Waals surface area contributed by atoms with Gasteiger partial charge in [-0.15, -0.1) is 0 Å². The summed E-state index contributed by atoms with van der Waals surface area (Å²) in [6.45, 7) is 0. The van der Waals surface area contributed by atoms with E-state index in [0.717, 1.165) is 5.69 Å². The topological polar surface area (TPSA) is 49.2 Å². The van der Waals surface area contributed by atoms with E-state index in [4.69, 9.17) is 10.00 Å². The van der Waals surface area contributed by atoms with Gasteiger partial charge in [-0.05, 0) is 12.1 Å². The maximum Gasteiger partial charge on any atom is 0.176 e. The van der Waals surface area contributed by atoms with Crippen LogP contribution in [0.15, 0.2) is 24.4 Å². The molecule has 2 atom stereocenters. The first kappa shape index (κ1) is 6.32. The van der Waals surface area contributed by atoms with Crippen LogP contribution in [0.25, 0.3) is 0 Å². The SMILES string of the molecule is N#C[C@H]1O[C@@H]1c1ccccn1. The van der Waals surface area contributed by atoms with Crippen molar-refractivity contribution in [3.05, 3.63) is 30.1 Å². The predicted octanol–water partition coefficient (Wildman–Crippen LogP) is 1.05. The second-order valence-corrected chi connectivity index (χ2v) is 2.36. The summed E-state index contributed by atoms with van der Waals surface area (Å²) in [5, 5.41) is 8.43. The number of pyridine rings is 1. The average Bonchev–Trinajstić information content (AvgIpc) is 2.85. The lowest BCUT2D eigenvalue weighted by atomic mass is 10.2. The Labute approximate surface area is 64.2 Å². The molecule has 54 valence electrons. The fraction of sp³-hybridized carbons (Fsp3) is 0.250. The van der Waals surface area contributed by atoms with Gasteiger partial charge in [-0.2, -0.15) is 5.26 Å². The van der Waals surface area contributed by atoms with Gasteiger partial charge in [-0.1, -0.05) is 6.07 Å². The van der Waals surface area contributed by atoms with Crippen molar-refractivity contribution in [2.75, 3.05) is 0 Å². The summed E-state index contributed by atoms with van der Waals surface area (Å²) < 4.78 is 5.03. The number of aromatic nitrogens is 1. The molecule has 2 rings (SSSR count). The third-order valence-electron chi connectivity index (χ3n) is 1.60. The molecule has 1 fully saturated rings. The number of ether oxygens (including phenoxy) is 1. The highest BCUT2D eigenvalue weighted by atomic mass is 16.6. The largest absolute Gasteiger partial charge is 0.347 e. The monoisotopic (exact) mass is 146 g/mol. The molecule has 0 amide bonds. The Kier molecular flexibility index (Phi) is 1.34. The van der Waals surface area contributed by atoms with Crippen LogP contribution >= 0.6 is 0 Å². The number of nitriles is 1. The van der Waals surface area contributed by atoms with Crippen LogP contribution in [0.5, 0.6) is 0 Å². The Hall–Kier alpha value is -1.40. The molecule has 0 aliphatic carbocycles. The highest BCUT2D eigenvalue weighted by molar-refractivity contribution is 5.18. The molecule has 0 radical (unpaired) electrons. The molecule has 11 heavy (non-hydrogen) atoms. The maximum atomic E-state index is 8.43. The van der Waals surface area contributed by atoms with Gasteiger partial charge in [0, 0.05) is 6.20 Å². The Morgan fingerprint density at radius 3 is 3.00 bits per heavy atom. The molecule has 3 nitrogen and oxygen atoms in total. The van der Waals surface area contributed by atoms with Crippen molar-refractivity contribution in [2.45, 2.75) is 12.2 Å². The van der Waals surface area contributed by atoms with E-state index in [-0.39, 0.29) is 12.2 Å². The van der Waals surface area contributed by atoms with Crippen molar-refractivity contribution in [2.24, 2.45) is 0 Å². The quantitative estimate of drug-likeness (QED) is 0.556. The van der Waals surface area contributed by atoms with Gasteiger partial charge in [0.25, 0.3) is 0 Å². The minimum atomic E-state index is -0.273. The third-order valence-corrected chi connectivity index (χ3v) is 1.60. The fourth-order valence-corrected chi connectivity index (χ4v) is 0.980. The maximum absolute atomic E-state index is 8.43. The van der Waals surface area contributed by atoms with Crippen LogP contribution in [0.4, 0.5) is 0 Å². The zero-order valence-corrected chi connectivity index (χ0v) is 5.77. The predicted molar refractivity (Wildman–Crippen MR) is 37.5 cm³/mol. The molecule has 0 bridgehead atoms. The van der Waals surface area contributed by atoms with Crippen molar-refractivity contribution in [1.82, 2.24) is 4.98 Å². The van der Waals surface area contributed by atoms with Crippen molar-refractivity contribution >= 4 is 0 Å². The summed E-state index contributed by atoms with van der Waals surface area (Å²) in [6.07, 6.45) is 1.34. The van der Waals surface area contributed by atoms with Gasteiger partial charge in [0.2, 0.25) is 0 Å². The van der Waals surface area contributed by atoms with Gasteiger partial charge >= 0.3 is 0 Å². The van der Waals surface area contributed by atoms with Crippen LogP contribution in [-0.4, -0.2) is 11.1 Å². The molecule has 0 unspecified atom stereocenters. The fourth-order valence-electron chi connectivity index (χ4n) is 0.980. The number of rotatable bonds is 1. The first-order chi connectivity index (χ1) is 5.42. The minimum absolute atomic E-state index is 0.0822. The lowest BCUT2D eigenvalue weighted by molar-refractivity contribution is 0.393. The van der Waals surface area contributed by atoms with Gasteiger partial charge in [0.1, 0.15) is 6.10 Å². The van der Waals surface area contributed by atoms with Crippen molar-refractivity contribution in [3.8, 4) is 6.07 Å². The summed E-state index contributed by atoms with van der Waals surface area (Å²) in [5.41, 5.74) is 0.846. The van der Waals surface area contributed by atoms with Crippen LogP contribution < -0.4 is 0 Å². The minimum Gasteiger partial charge on any atom is -0.347 e.